The number of hydrogen-bond acceptors (Lipinski definition) is 2. The lowest BCUT2D eigenvalue weighted by Gasteiger charge is -1.92. The van der Waals surface area contributed by atoms with Crippen LogP contribution in [0.1, 0.15) is 5.56 Å². The van der Waals surface area contributed by atoms with Crippen LogP contribution in [0.15, 0.2) is 24.8 Å². The van der Waals surface area contributed by atoms with Crippen LogP contribution < -0.4 is 0 Å². The monoisotopic (exact) mass is 159 g/mol. The van der Waals surface area contributed by atoms with Gasteiger partial charge in [-0.15, -0.1) is 5.10 Å². The van der Waals surface area contributed by atoms with Gasteiger partial charge >= 0.3 is 0 Å². The molecule has 0 spiro atoms. The zero-order valence-electron chi connectivity index (χ0n) is 6.86. The summed E-state index contributed by atoms with van der Waals surface area (Å²) in [4.78, 5) is 0. The molecule has 60 valence electrons. The highest BCUT2D eigenvalue weighted by atomic mass is 15.4. The Bertz CT molecular complexity index is 428. The Kier molecular flexibility index (Phi) is 1.43. The third kappa shape index (κ3) is 0.906. The second-order valence-corrected chi connectivity index (χ2v) is 2.67. The second kappa shape index (κ2) is 2.44. The SMILES string of the molecule is C=Cc1ccc2c(c1)nnn2C. The summed E-state index contributed by atoms with van der Waals surface area (Å²) in [7, 11) is 1.88. The van der Waals surface area contributed by atoms with Crippen LogP contribution in [0.5, 0.6) is 0 Å². The Morgan fingerprint density at radius 2 is 2.33 bits per heavy atom. The number of aryl methyl sites for hydroxylation is 1. The molecule has 0 amide bonds. The van der Waals surface area contributed by atoms with Crippen molar-refractivity contribution in [3.8, 4) is 0 Å². The summed E-state index contributed by atoms with van der Waals surface area (Å²) in [5.74, 6) is 0. The molecule has 0 aliphatic carbocycles. The van der Waals surface area contributed by atoms with Gasteiger partial charge in [0.15, 0.2) is 0 Å². The van der Waals surface area contributed by atoms with Crippen LogP contribution in [0.2, 0.25) is 0 Å². The Morgan fingerprint density at radius 3 is 3.08 bits per heavy atom. The van der Waals surface area contributed by atoms with Gasteiger partial charge in [0.2, 0.25) is 0 Å². The molecule has 0 radical (unpaired) electrons. The van der Waals surface area contributed by atoms with Gasteiger partial charge in [-0.25, -0.2) is 4.68 Å². The Balaban J connectivity index is 2.77. The number of hydrogen-bond donors (Lipinski definition) is 0. The lowest BCUT2D eigenvalue weighted by Crippen LogP contribution is -1.88. The van der Waals surface area contributed by atoms with Crippen LogP contribution in [-0.2, 0) is 7.05 Å². The van der Waals surface area contributed by atoms with E-state index in [1.165, 1.54) is 0 Å². The van der Waals surface area contributed by atoms with Crippen molar-refractivity contribution in [2.24, 2.45) is 7.05 Å². The number of nitrogens with zero attached hydrogens (tertiary/aromatic N) is 3. The van der Waals surface area contributed by atoms with E-state index in [1.54, 1.807) is 10.8 Å². The molecule has 0 aliphatic heterocycles. The fourth-order valence-electron chi connectivity index (χ4n) is 1.18. The van der Waals surface area contributed by atoms with Crippen LogP contribution in [0.3, 0.4) is 0 Å². The van der Waals surface area contributed by atoms with Gasteiger partial charge in [0.25, 0.3) is 0 Å². The van der Waals surface area contributed by atoms with Gasteiger partial charge in [0.05, 0.1) is 5.52 Å². The molecule has 12 heavy (non-hydrogen) atoms. The minimum Gasteiger partial charge on any atom is -0.248 e. The molecule has 0 saturated carbocycles. The average Bonchev–Trinajstić information content (AvgIpc) is 2.47. The van der Waals surface area contributed by atoms with E-state index in [1.807, 2.05) is 25.2 Å². The largest absolute Gasteiger partial charge is 0.248 e. The molecule has 1 aromatic heterocycles. The second-order valence-electron chi connectivity index (χ2n) is 2.67. The van der Waals surface area contributed by atoms with E-state index >= 15 is 0 Å². The van der Waals surface area contributed by atoms with Crippen LogP contribution in [0.4, 0.5) is 0 Å². The van der Waals surface area contributed by atoms with E-state index in [4.69, 9.17) is 0 Å². The Hall–Kier alpha value is -1.64. The molecular formula is C9H9N3. The molecule has 0 unspecified atom stereocenters. The van der Waals surface area contributed by atoms with Gasteiger partial charge in [-0.1, -0.05) is 23.9 Å². The van der Waals surface area contributed by atoms with Crippen molar-refractivity contribution in [3.05, 3.63) is 30.3 Å². The van der Waals surface area contributed by atoms with Gasteiger partial charge in [0.1, 0.15) is 5.52 Å². The number of fused-ring (bicyclic) bond motifs is 1. The van der Waals surface area contributed by atoms with Gasteiger partial charge in [0, 0.05) is 7.05 Å². The van der Waals surface area contributed by atoms with E-state index < -0.39 is 0 Å². The first-order valence-corrected chi connectivity index (χ1v) is 3.73. The standard InChI is InChI=1S/C9H9N3/c1-3-7-4-5-9-8(6-7)10-11-12(9)2/h3-6H,1H2,2H3. The lowest BCUT2D eigenvalue weighted by atomic mass is 10.2. The van der Waals surface area contributed by atoms with Crippen molar-refractivity contribution in [1.82, 2.24) is 15.0 Å². The molecule has 3 nitrogen and oxygen atoms in total. The number of benzene rings is 1. The van der Waals surface area contributed by atoms with Crippen molar-refractivity contribution in [2.45, 2.75) is 0 Å². The third-order valence-corrected chi connectivity index (χ3v) is 1.87. The summed E-state index contributed by atoms with van der Waals surface area (Å²) in [6.07, 6.45) is 1.80. The predicted octanol–water partition coefficient (Wildman–Crippen LogP) is 1.61. The van der Waals surface area contributed by atoms with Crippen molar-refractivity contribution < 1.29 is 0 Å². The van der Waals surface area contributed by atoms with E-state index in [0.717, 1.165) is 16.6 Å². The Morgan fingerprint density at radius 1 is 1.50 bits per heavy atom. The maximum absolute atomic E-state index is 3.99. The topological polar surface area (TPSA) is 30.7 Å². The highest BCUT2D eigenvalue weighted by molar-refractivity contribution is 5.77. The molecule has 2 rings (SSSR count). The molecule has 0 N–H and O–H groups in total. The zero-order chi connectivity index (χ0) is 8.55. The minimum absolute atomic E-state index is 0.912. The Labute approximate surface area is 70.3 Å². The normalized spacial score (nSPS) is 10.4. The lowest BCUT2D eigenvalue weighted by molar-refractivity contribution is 0.736. The molecule has 1 heterocycles. The summed E-state index contributed by atoms with van der Waals surface area (Å²) in [5.41, 5.74) is 3.03. The summed E-state index contributed by atoms with van der Waals surface area (Å²) in [5, 5.41) is 7.90. The first-order valence-electron chi connectivity index (χ1n) is 3.73. The fourth-order valence-corrected chi connectivity index (χ4v) is 1.18. The van der Waals surface area contributed by atoms with E-state index in [0.29, 0.717) is 0 Å². The molecule has 2 aromatic rings. The summed E-state index contributed by atoms with van der Waals surface area (Å²) in [6.45, 7) is 3.69. The van der Waals surface area contributed by atoms with Crippen LogP contribution in [0, 0.1) is 0 Å². The molecule has 1 aromatic carbocycles. The summed E-state index contributed by atoms with van der Waals surface area (Å²) in [6, 6.07) is 5.96. The van der Waals surface area contributed by atoms with Crippen LogP contribution >= 0.6 is 0 Å². The number of rotatable bonds is 1. The quantitative estimate of drug-likeness (QED) is 0.633. The molecule has 0 fully saturated rings. The summed E-state index contributed by atoms with van der Waals surface area (Å²) < 4.78 is 1.75. The van der Waals surface area contributed by atoms with Gasteiger partial charge in [-0.05, 0) is 17.7 Å². The van der Waals surface area contributed by atoms with Gasteiger partial charge < -0.3 is 0 Å². The van der Waals surface area contributed by atoms with Gasteiger partial charge in [-0.3, -0.25) is 0 Å². The maximum Gasteiger partial charge on any atom is 0.113 e. The molecule has 0 bridgehead atoms. The minimum atomic E-state index is 0.912. The maximum atomic E-state index is 3.99. The van der Waals surface area contributed by atoms with E-state index in [-0.39, 0.29) is 0 Å². The number of aromatic nitrogens is 3. The molecular weight excluding hydrogens is 150 g/mol. The van der Waals surface area contributed by atoms with Crippen molar-refractivity contribution >= 4 is 17.1 Å². The highest BCUT2D eigenvalue weighted by Gasteiger charge is 1.99. The summed E-state index contributed by atoms with van der Waals surface area (Å²) >= 11 is 0. The van der Waals surface area contributed by atoms with Crippen LogP contribution in [-0.4, -0.2) is 15.0 Å². The van der Waals surface area contributed by atoms with Crippen molar-refractivity contribution in [2.75, 3.05) is 0 Å². The predicted molar refractivity (Wildman–Crippen MR) is 48.6 cm³/mol. The average molecular weight is 159 g/mol. The third-order valence-electron chi connectivity index (χ3n) is 1.87. The van der Waals surface area contributed by atoms with Crippen molar-refractivity contribution in [3.63, 3.8) is 0 Å². The molecule has 3 heteroatoms. The van der Waals surface area contributed by atoms with Gasteiger partial charge in [-0.2, -0.15) is 0 Å². The van der Waals surface area contributed by atoms with Crippen LogP contribution in [0.25, 0.3) is 17.1 Å². The zero-order valence-corrected chi connectivity index (χ0v) is 6.86. The highest BCUT2D eigenvalue weighted by Crippen LogP contribution is 2.12. The van der Waals surface area contributed by atoms with Crippen molar-refractivity contribution in [1.29, 1.82) is 0 Å². The molecule has 0 saturated heterocycles. The fraction of sp³-hybridized carbons (Fsp3) is 0.111. The molecule has 0 atom stereocenters. The first kappa shape index (κ1) is 7.03. The van der Waals surface area contributed by atoms with E-state index in [2.05, 4.69) is 16.9 Å². The molecule has 0 aliphatic rings. The smallest absolute Gasteiger partial charge is 0.113 e. The first-order chi connectivity index (χ1) is 5.81. The van der Waals surface area contributed by atoms with E-state index in [9.17, 15) is 0 Å².